The number of aromatic nitrogens is 5. The maximum absolute atomic E-state index is 12.7. The molecule has 0 aliphatic carbocycles. The lowest BCUT2D eigenvalue weighted by molar-refractivity contribution is -0.120. The second-order valence-electron chi connectivity index (χ2n) is 9.02. The van der Waals surface area contributed by atoms with Crippen LogP contribution in [0.1, 0.15) is 18.5 Å². The molecule has 1 atom stereocenters. The lowest BCUT2D eigenvalue weighted by Crippen LogP contribution is -2.45. The van der Waals surface area contributed by atoms with Crippen molar-refractivity contribution in [3.05, 3.63) is 70.9 Å². The van der Waals surface area contributed by atoms with E-state index in [1.807, 2.05) is 49.3 Å². The van der Waals surface area contributed by atoms with E-state index in [0.29, 0.717) is 45.9 Å². The first-order valence-corrected chi connectivity index (χ1v) is 12.6. The summed E-state index contributed by atoms with van der Waals surface area (Å²) in [5, 5.41) is 17.2. The summed E-state index contributed by atoms with van der Waals surface area (Å²) in [4.78, 5) is 29.5. The zero-order chi connectivity index (χ0) is 26.8. The zero-order valence-corrected chi connectivity index (χ0v) is 22.1. The number of carbonyl (C=O) groups is 1. The van der Waals surface area contributed by atoms with Crippen LogP contribution in [0.3, 0.4) is 0 Å². The van der Waals surface area contributed by atoms with Gasteiger partial charge in [0.15, 0.2) is 0 Å². The Hall–Kier alpha value is -4.04. The van der Waals surface area contributed by atoms with Gasteiger partial charge in [0.2, 0.25) is 11.9 Å². The van der Waals surface area contributed by atoms with E-state index >= 15 is 0 Å². The first-order chi connectivity index (χ1) is 18.3. The molecule has 0 spiro atoms. The summed E-state index contributed by atoms with van der Waals surface area (Å²) in [6.07, 6.45) is 7.77. The first-order valence-electron chi connectivity index (χ1n) is 11.8. The van der Waals surface area contributed by atoms with Crippen LogP contribution in [-0.2, 0) is 4.79 Å². The molecule has 4 heterocycles. The van der Waals surface area contributed by atoms with E-state index in [2.05, 4.69) is 30.3 Å². The van der Waals surface area contributed by atoms with Crippen LogP contribution < -0.4 is 10.2 Å². The van der Waals surface area contributed by atoms with E-state index in [1.165, 1.54) is 18.5 Å². The number of carbonyl (C=O) groups excluding carboxylic acids is 1. The van der Waals surface area contributed by atoms with Gasteiger partial charge in [-0.1, -0.05) is 23.2 Å². The molecule has 0 bridgehead atoms. The number of piperidine rings is 1. The van der Waals surface area contributed by atoms with Gasteiger partial charge in [-0.05, 0) is 50.8 Å². The summed E-state index contributed by atoms with van der Waals surface area (Å²) in [5.74, 6) is 0.478. The van der Waals surface area contributed by atoms with Crippen LogP contribution in [0.15, 0.2) is 55.1 Å². The SMILES string of the molecule is CN(C)[C@H]1CCN(c2ccc(Nc3ncc(Cl)c(-c4cnn(-c5cnc(C#N)cc5Cl)c4)n3)cc2)C(=O)C1. The molecular weight excluding hydrogens is 525 g/mol. The van der Waals surface area contributed by atoms with Crippen LogP contribution >= 0.6 is 23.2 Å². The Morgan fingerprint density at radius 2 is 1.89 bits per heavy atom. The molecule has 1 fully saturated rings. The third-order valence-electron chi connectivity index (χ3n) is 6.36. The Kier molecular flexibility index (Phi) is 7.24. The van der Waals surface area contributed by atoms with Crippen molar-refractivity contribution in [2.24, 2.45) is 0 Å². The largest absolute Gasteiger partial charge is 0.324 e. The van der Waals surface area contributed by atoms with Crippen molar-refractivity contribution in [1.82, 2.24) is 29.6 Å². The molecule has 1 amide bonds. The quantitative estimate of drug-likeness (QED) is 0.369. The molecule has 1 N–H and O–H groups in total. The summed E-state index contributed by atoms with van der Waals surface area (Å²) >= 11 is 12.7. The normalized spacial score (nSPS) is 15.5. The maximum atomic E-state index is 12.7. The van der Waals surface area contributed by atoms with Crippen LogP contribution in [0.5, 0.6) is 0 Å². The molecular formula is C26H23Cl2N9O. The van der Waals surface area contributed by atoms with Crippen molar-refractivity contribution in [1.29, 1.82) is 5.26 Å². The van der Waals surface area contributed by atoms with Gasteiger partial charge in [-0.3, -0.25) is 4.79 Å². The Balaban J connectivity index is 1.32. The fraction of sp³-hybridized carbons (Fsp3) is 0.231. The summed E-state index contributed by atoms with van der Waals surface area (Å²) < 4.78 is 1.54. The van der Waals surface area contributed by atoms with Gasteiger partial charge in [-0.15, -0.1) is 0 Å². The molecule has 0 saturated carbocycles. The van der Waals surface area contributed by atoms with E-state index < -0.39 is 0 Å². The number of hydrogen-bond acceptors (Lipinski definition) is 8. The topological polar surface area (TPSA) is 116 Å². The molecule has 0 unspecified atom stereocenters. The average molecular weight is 548 g/mol. The second kappa shape index (κ2) is 10.8. The number of benzene rings is 1. The summed E-state index contributed by atoms with van der Waals surface area (Å²) in [6.45, 7) is 0.690. The predicted molar refractivity (Wildman–Crippen MR) is 146 cm³/mol. The smallest absolute Gasteiger partial charge is 0.228 e. The van der Waals surface area contributed by atoms with Crippen LogP contribution in [0, 0.1) is 11.3 Å². The number of nitrogens with one attached hydrogen (secondary N) is 1. The number of nitriles is 1. The minimum atomic E-state index is 0.125. The lowest BCUT2D eigenvalue weighted by atomic mass is 10.0. The van der Waals surface area contributed by atoms with E-state index in [-0.39, 0.29) is 17.6 Å². The highest BCUT2D eigenvalue weighted by Gasteiger charge is 2.27. The van der Waals surface area contributed by atoms with E-state index in [1.54, 1.807) is 17.1 Å². The van der Waals surface area contributed by atoms with Crippen molar-refractivity contribution >= 4 is 46.4 Å². The molecule has 0 radical (unpaired) electrons. The van der Waals surface area contributed by atoms with Gasteiger partial charge in [0, 0.05) is 42.1 Å². The number of amides is 1. The number of anilines is 3. The minimum absolute atomic E-state index is 0.125. The second-order valence-corrected chi connectivity index (χ2v) is 9.84. The third kappa shape index (κ3) is 5.31. The zero-order valence-electron chi connectivity index (χ0n) is 20.6. The third-order valence-corrected chi connectivity index (χ3v) is 6.94. The van der Waals surface area contributed by atoms with Gasteiger partial charge in [-0.2, -0.15) is 10.4 Å². The Morgan fingerprint density at radius 1 is 1.11 bits per heavy atom. The molecule has 3 aromatic heterocycles. The molecule has 10 nitrogen and oxygen atoms in total. The fourth-order valence-corrected chi connectivity index (χ4v) is 4.68. The molecule has 4 aromatic rings. The Morgan fingerprint density at radius 3 is 2.58 bits per heavy atom. The van der Waals surface area contributed by atoms with Crippen LogP contribution in [0.25, 0.3) is 16.9 Å². The molecule has 1 aromatic carbocycles. The Labute approximate surface area is 229 Å². The van der Waals surface area contributed by atoms with Crippen molar-refractivity contribution in [2.45, 2.75) is 18.9 Å². The summed E-state index contributed by atoms with van der Waals surface area (Å²) in [7, 11) is 4.01. The number of nitrogens with zero attached hydrogens (tertiary/aromatic N) is 8. The van der Waals surface area contributed by atoms with Gasteiger partial charge in [0.1, 0.15) is 17.5 Å². The molecule has 1 aliphatic rings. The molecule has 5 rings (SSSR count). The van der Waals surface area contributed by atoms with Crippen LogP contribution in [-0.4, -0.2) is 62.2 Å². The number of rotatable bonds is 6. The van der Waals surface area contributed by atoms with Crippen LogP contribution in [0.4, 0.5) is 17.3 Å². The van der Waals surface area contributed by atoms with Gasteiger partial charge in [0.05, 0.1) is 34.3 Å². The molecule has 38 heavy (non-hydrogen) atoms. The van der Waals surface area contributed by atoms with E-state index in [0.717, 1.165) is 17.8 Å². The van der Waals surface area contributed by atoms with Crippen molar-refractivity contribution in [2.75, 3.05) is 30.9 Å². The van der Waals surface area contributed by atoms with E-state index in [9.17, 15) is 4.79 Å². The standard InChI is InChI=1S/C26H23Cl2N9O/c1-35(2)20-7-8-36(24(38)10-20)19-5-3-17(4-6-19)33-26-31-13-22(28)25(34-26)16-12-32-37(15-16)23-14-30-18(11-29)9-21(23)27/h3-6,9,12-15,20H,7-8,10H2,1-2H3,(H,31,33,34)/t20-/m0/s1. The minimum Gasteiger partial charge on any atom is -0.324 e. The molecule has 12 heteroatoms. The monoisotopic (exact) mass is 547 g/mol. The van der Waals surface area contributed by atoms with Crippen molar-refractivity contribution in [3.63, 3.8) is 0 Å². The highest BCUT2D eigenvalue weighted by atomic mass is 35.5. The van der Waals surface area contributed by atoms with Crippen molar-refractivity contribution in [3.8, 4) is 23.0 Å². The summed E-state index contributed by atoms with van der Waals surface area (Å²) in [5.41, 5.74) is 3.50. The number of hydrogen-bond donors (Lipinski definition) is 1. The first kappa shape index (κ1) is 25.6. The predicted octanol–water partition coefficient (Wildman–Crippen LogP) is 4.70. The average Bonchev–Trinajstić information content (AvgIpc) is 3.40. The number of halogens is 2. The summed E-state index contributed by atoms with van der Waals surface area (Å²) in [6, 6.07) is 11.3. The highest BCUT2D eigenvalue weighted by molar-refractivity contribution is 6.33. The number of pyridine rings is 1. The van der Waals surface area contributed by atoms with Crippen molar-refractivity contribution < 1.29 is 4.79 Å². The fourth-order valence-electron chi connectivity index (χ4n) is 4.24. The van der Waals surface area contributed by atoms with Crippen LogP contribution in [0.2, 0.25) is 10.0 Å². The highest BCUT2D eigenvalue weighted by Crippen LogP contribution is 2.29. The van der Waals surface area contributed by atoms with Gasteiger partial charge < -0.3 is 15.1 Å². The van der Waals surface area contributed by atoms with Gasteiger partial charge in [-0.25, -0.2) is 19.6 Å². The molecule has 192 valence electrons. The van der Waals surface area contributed by atoms with Gasteiger partial charge in [0.25, 0.3) is 0 Å². The maximum Gasteiger partial charge on any atom is 0.228 e. The Bertz CT molecular complexity index is 1530. The van der Waals surface area contributed by atoms with E-state index in [4.69, 9.17) is 28.5 Å². The van der Waals surface area contributed by atoms with Gasteiger partial charge >= 0.3 is 0 Å². The lowest BCUT2D eigenvalue weighted by Gasteiger charge is -2.34. The molecule has 1 aliphatic heterocycles. The molecule has 1 saturated heterocycles.